The summed E-state index contributed by atoms with van der Waals surface area (Å²) in [4.78, 5) is 4.40. The van der Waals surface area contributed by atoms with Crippen molar-refractivity contribution in [3.63, 3.8) is 0 Å². The molecular weight excluding hydrogens is 345 g/mol. The molecule has 0 spiro atoms. The van der Waals surface area contributed by atoms with E-state index in [0.717, 1.165) is 11.4 Å². The molecule has 7 heteroatoms. The van der Waals surface area contributed by atoms with Gasteiger partial charge in [-0.15, -0.1) is 5.10 Å². The van der Waals surface area contributed by atoms with Crippen LogP contribution in [0.3, 0.4) is 0 Å². The molecule has 1 heterocycles. The number of benzene rings is 2. The molecule has 0 saturated carbocycles. The highest BCUT2D eigenvalue weighted by Crippen LogP contribution is 2.26. The van der Waals surface area contributed by atoms with Gasteiger partial charge in [-0.25, -0.2) is 0 Å². The van der Waals surface area contributed by atoms with E-state index in [1.54, 1.807) is 24.4 Å². The topological polar surface area (TPSA) is 62.7 Å². The molecule has 3 aromatic rings. The summed E-state index contributed by atoms with van der Waals surface area (Å²) < 4.78 is 0. The van der Waals surface area contributed by atoms with Crippen LogP contribution in [0.2, 0.25) is 10.0 Å². The van der Waals surface area contributed by atoms with E-state index in [1.165, 1.54) is 11.1 Å². The average Bonchev–Trinajstić information content (AvgIpc) is 2.55. The zero-order valence-corrected chi connectivity index (χ0v) is 14.7. The highest BCUT2D eigenvalue weighted by Gasteiger charge is 2.05. The quantitative estimate of drug-likeness (QED) is 0.663. The first-order valence-corrected chi connectivity index (χ1v) is 8.03. The Labute approximate surface area is 150 Å². The van der Waals surface area contributed by atoms with Gasteiger partial charge in [0.05, 0.1) is 16.2 Å². The van der Waals surface area contributed by atoms with Gasteiger partial charge in [0.2, 0.25) is 5.95 Å². The number of aromatic nitrogens is 3. The van der Waals surface area contributed by atoms with Crippen LogP contribution < -0.4 is 10.6 Å². The Balaban J connectivity index is 1.78. The summed E-state index contributed by atoms with van der Waals surface area (Å²) >= 11 is 11.9. The number of nitrogens with one attached hydrogen (secondary N) is 2. The Hall–Kier alpha value is -2.37. The summed E-state index contributed by atoms with van der Waals surface area (Å²) in [6, 6.07) is 11.3. The van der Waals surface area contributed by atoms with Gasteiger partial charge in [0, 0.05) is 11.4 Å². The third-order valence-electron chi connectivity index (χ3n) is 3.51. The second-order valence-electron chi connectivity index (χ2n) is 5.34. The molecule has 0 fully saturated rings. The Morgan fingerprint density at radius 1 is 0.833 bits per heavy atom. The van der Waals surface area contributed by atoms with Gasteiger partial charge in [0.15, 0.2) is 5.82 Å². The fourth-order valence-corrected chi connectivity index (χ4v) is 2.38. The van der Waals surface area contributed by atoms with Crippen molar-refractivity contribution in [2.24, 2.45) is 0 Å². The van der Waals surface area contributed by atoms with Crippen LogP contribution in [0, 0.1) is 13.8 Å². The molecule has 0 saturated heterocycles. The molecule has 0 amide bonds. The van der Waals surface area contributed by atoms with E-state index in [0.29, 0.717) is 21.8 Å². The van der Waals surface area contributed by atoms with E-state index in [-0.39, 0.29) is 0 Å². The van der Waals surface area contributed by atoms with Crippen LogP contribution >= 0.6 is 23.2 Å². The van der Waals surface area contributed by atoms with Gasteiger partial charge in [-0.2, -0.15) is 10.1 Å². The first-order chi connectivity index (χ1) is 11.5. The Morgan fingerprint density at radius 3 is 2.33 bits per heavy atom. The highest BCUT2D eigenvalue weighted by atomic mass is 35.5. The second-order valence-corrected chi connectivity index (χ2v) is 6.16. The van der Waals surface area contributed by atoms with Gasteiger partial charge in [-0.05, 0) is 55.3 Å². The van der Waals surface area contributed by atoms with Gasteiger partial charge in [0.1, 0.15) is 0 Å². The van der Waals surface area contributed by atoms with Crippen LogP contribution in [0.1, 0.15) is 11.1 Å². The minimum absolute atomic E-state index is 0.363. The molecule has 2 aromatic carbocycles. The third-order valence-corrected chi connectivity index (χ3v) is 4.25. The molecule has 5 nitrogen and oxygen atoms in total. The molecule has 24 heavy (non-hydrogen) atoms. The second kappa shape index (κ2) is 7.03. The van der Waals surface area contributed by atoms with Crippen molar-refractivity contribution in [2.45, 2.75) is 13.8 Å². The van der Waals surface area contributed by atoms with Crippen molar-refractivity contribution < 1.29 is 0 Å². The lowest BCUT2D eigenvalue weighted by Crippen LogP contribution is -2.02. The van der Waals surface area contributed by atoms with Crippen molar-refractivity contribution in [1.82, 2.24) is 15.2 Å². The minimum atomic E-state index is 0.363. The maximum Gasteiger partial charge on any atom is 0.249 e. The van der Waals surface area contributed by atoms with Crippen molar-refractivity contribution in [3.8, 4) is 0 Å². The molecule has 3 rings (SSSR count). The van der Waals surface area contributed by atoms with Crippen molar-refractivity contribution >= 4 is 46.3 Å². The molecule has 2 N–H and O–H groups in total. The van der Waals surface area contributed by atoms with Gasteiger partial charge in [-0.1, -0.05) is 29.3 Å². The fourth-order valence-electron chi connectivity index (χ4n) is 2.09. The van der Waals surface area contributed by atoms with Crippen LogP contribution in [-0.4, -0.2) is 15.2 Å². The van der Waals surface area contributed by atoms with E-state index in [9.17, 15) is 0 Å². The van der Waals surface area contributed by atoms with Crippen LogP contribution in [0.15, 0.2) is 42.6 Å². The molecule has 0 aliphatic heterocycles. The smallest absolute Gasteiger partial charge is 0.249 e. The van der Waals surface area contributed by atoms with E-state index in [1.807, 2.05) is 6.07 Å². The number of aryl methyl sites for hydroxylation is 2. The average molecular weight is 360 g/mol. The lowest BCUT2D eigenvalue weighted by molar-refractivity contribution is 0.982. The van der Waals surface area contributed by atoms with Gasteiger partial charge < -0.3 is 10.6 Å². The predicted molar refractivity (Wildman–Crippen MR) is 98.8 cm³/mol. The first kappa shape index (κ1) is 16.5. The molecule has 0 unspecified atom stereocenters. The molecule has 0 bridgehead atoms. The van der Waals surface area contributed by atoms with Crippen LogP contribution in [0.4, 0.5) is 23.1 Å². The number of nitrogens with zero attached hydrogens (tertiary/aromatic N) is 3. The normalized spacial score (nSPS) is 10.5. The van der Waals surface area contributed by atoms with Crippen molar-refractivity contribution in [3.05, 3.63) is 63.8 Å². The third kappa shape index (κ3) is 3.93. The van der Waals surface area contributed by atoms with E-state index in [4.69, 9.17) is 23.2 Å². The minimum Gasteiger partial charge on any atom is -0.339 e. The number of halogens is 2. The van der Waals surface area contributed by atoms with E-state index < -0.39 is 0 Å². The van der Waals surface area contributed by atoms with Gasteiger partial charge >= 0.3 is 0 Å². The number of hydrogen-bond donors (Lipinski definition) is 2. The summed E-state index contributed by atoms with van der Waals surface area (Å²) in [6.45, 7) is 4.14. The summed E-state index contributed by atoms with van der Waals surface area (Å²) in [6.07, 6.45) is 1.56. The SMILES string of the molecule is Cc1ccc(Nc2cnnc(Nc3ccc(Cl)c(Cl)c3)n2)cc1C. The molecular formula is C17H15Cl2N5. The van der Waals surface area contributed by atoms with Crippen LogP contribution in [-0.2, 0) is 0 Å². The van der Waals surface area contributed by atoms with Crippen molar-refractivity contribution in [1.29, 1.82) is 0 Å². The Bertz CT molecular complexity index is 814. The summed E-state index contributed by atoms with van der Waals surface area (Å²) in [5.74, 6) is 0.957. The Kier molecular flexibility index (Phi) is 4.83. The predicted octanol–water partition coefficient (Wildman–Crippen LogP) is 5.28. The van der Waals surface area contributed by atoms with Gasteiger partial charge in [0.25, 0.3) is 0 Å². The summed E-state index contributed by atoms with van der Waals surface area (Å²) in [7, 11) is 0. The van der Waals surface area contributed by atoms with Gasteiger partial charge in [-0.3, -0.25) is 0 Å². The molecule has 0 aliphatic carbocycles. The molecule has 0 aliphatic rings. The lowest BCUT2D eigenvalue weighted by Gasteiger charge is -2.09. The zero-order chi connectivity index (χ0) is 17.1. The number of hydrogen-bond acceptors (Lipinski definition) is 5. The van der Waals surface area contributed by atoms with E-state index >= 15 is 0 Å². The zero-order valence-electron chi connectivity index (χ0n) is 13.1. The number of anilines is 4. The van der Waals surface area contributed by atoms with Crippen molar-refractivity contribution in [2.75, 3.05) is 10.6 Å². The van der Waals surface area contributed by atoms with E-state index in [2.05, 4.69) is 51.8 Å². The molecule has 1 aromatic heterocycles. The number of rotatable bonds is 4. The summed E-state index contributed by atoms with van der Waals surface area (Å²) in [5.41, 5.74) is 4.12. The highest BCUT2D eigenvalue weighted by molar-refractivity contribution is 6.42. The lowest BCUT2D eigenvalue weighted by atomic mass is 10.1. The van der Waals surface area contributed by atoms with Crippen LogP contribution in [0.5, 0.6) is 0 Å². The molecule has 0 atom stereocenters. The first-order valence-electron chi connectivity index (χ1n) is 7.27. The van der Waals surface area contributed by atoms with Crippen LogP contribution in [0.25, 0.3) is 0 Å². The summed E-state index contributed by atoms with van der Waals surface area (Å²) in [5, 5.41) is 15.2. The standard InChI is InChI=1S/C17H15Cl2N5/c1-10-3-4-12(7-11(10)2)21-16-9-20-24-17(23-16)22-13-5-6-14(18)15(19)8-13/h3-9H,1-2H3,(H2,21,22,23,24). The fraction of sp³-hybridized carbons (Fsp3) is 0.118. The monoisotopic (exact) mass is 359 g/mol. The maximum atomic E-state index is 6.01. The molecule has 122 valence electrons. The molecule has 0 radical (unpaired) electrons. The largest absolute Gasteiger partial charge is 0.339 e. The maximum absolute atomic E-state index is 6.01. The Morgan fingerprint density at radius 2 is 1.58 bits per heavy atom.